The number of hydrogen-bond donors (Lipinski definition) is 1. The molecule has 0 heterocycles. The Labute approximate surface area is 135 Å². The summed E-state index contributed by atoms with van der Waals surface area (Å²) in [5, 5.41) is 2.75. The molecule has 4 nitrogen and oxygen atoms in total. The summed E-state index contributed by atoms with van der Waals surface area (Å²) in [5.74, 6) is -0.996. The average Bonchev–Trinajstić information content (AvgIpc) is 2.87. The molecule has 1 aromatic carbocycles. The molecule has 0 atom stereocenters. The quantitative estimate of drug-likeness (QED) is 0.790. The highest BCUT2D eigenvalue weighted by atomic mass is 79.9. The number of nitrogens with one attached hydrogen (secondary N) is 1. The van der Waals surface area contributed by atoms with E-state index in [1.54, 1.807) is 0 Å². The number of benzene rings is 1. The summed E-state index contributed by atoms with van der Waals surface area (Å²) in [7, 11) is 0.918. The minimum absolute atomic E-state index is 0.0496. The molecule has 0 bridgehead atoms. The maximum Gasteiger partial charge on any atom is 0.264 e. The summed E-state index contributed by atoms with van der Waals surface area (Å²) in [5.41, 5.74) is 0.0496. The normalized spacial score (nSPS) is 16.1. The van der Waals surface area contributed by atoms with E-state index in [1.807, 2.05) is 0 Å². The molecule has 21 heavy (non-hydrogen) atoms. The number of rotatable bonds is 4. The Kier molecular flexibility index (Phi) is 5.27. The predicted molar refractivity (Wildman–Crippen MR) is 81.4 cm³/mol. The lowest BCUT2D eigenvalue weighted by atomic mass is 10.1. The summed E-state index contributed by atoms with van der Waals surface area (Å²) in [6.45, 7) is 0.533. The van der Waals surface area contributed by atoms with E-state index < -0.39 is 25.7 Å². The van der Waals surface area contributed by atoms with Gasteiger partial charge in [0.2, 0.25) is 0 Å². The van der Waals surface area contributed by atoms with Gasteiger partial charge in [-0.1, -0.05) is 12.8 Å². The van der Waals surface area contributed by atoms with Gasteiger partial charge in [0.15, 0.2) is 0 Å². The van der Waals surface area contributed by atoms with E-state index in [-0.39, 0.29) is 10.0 Å². The first-order valence-corrected chi connectivity index (χ1v) is 9.61. The Morgan fingerprint density at radius 3 is 2.57 bits per heavy atom. The molecule has 0 radical (unpaired) electrons. The first kappa shape index (κ1) is 16.7. The number of carbonyl (C=O) groups is 1. The third kappa shape index (κ3) is 4.17. The van der Waals surface area contributed by atoms with Crippen molar-refractivity contribution in [2.75, 3.05) is 6.54 Å². The van der Waals surface area contributed by atoms with Crippen molar-refractivity contribution in [1.82, 2.24) is 5.32 Å². The minimum atomic E-state index is -4.24. The second-order valence-corrected chi connectivity index (χ2v) is 8.45. The molecule has 2 rings (SSSR count). The Morgan fingerprint density at radius 1 is 1.38 bits per heavy atom. The van der Waals surface area contributed by atoms with Crippen molar-refractivity contribution in [2.45, 2.75) is 30.6 Å². The van der Waals surface area contributed by atoms with Crippen molar-refractivity contribution in [2.24, 2.45) is 5.92 Å². The topological polar surface area (TPSA) is 63.2 Å². The second kappa shape index (κ2) is 6.62. The van der Waals surface area contributed by atoms with Gasteiger partial charge in [0, 0.05) is 21.7 Å². The zero-order valence-electron chi connectivity index (χ0n) is 11.0. The summed E-state index contributed by atoms with van der Waals surface area (Å²) < 4.78 is 36.4. The maximum absolute atomic E-state index is 13.6. The Bertz CT molecular complexity index is 660. The lowest BCUT2D eigenvalue weighted by molar-refractivity contribution is 0.0946. The van der Waals surface area contributed by atoms with E-state index >= 15 is 0 Å². The molecule has 8 heteroatoms. The number of carbonyl (C=O) groups excluding carboxylic acids is 1. The molecule has 0 spiro atoms. The fourth-order valence-electron chi connectivity index (χ4n) is 2.44. The smallest absolute Gasteiger partial charge is 0.264 e. The molecule has 116 valence electrons. The average molecular weight is 399 g/mol. The van der Waals surface area contributed by atoms with Gasteiger partial charge in [0.1, 0.15) is 10.7 Å². The van der Waals surface area contributed by atoms with Crippen LogP contribution in [0.3, 0.4) is 0 Å². The van der Waals surface area contributed by atoms with Crippen LogP contribution in [0.1, 0.15) is 36.0 Å². The molecule has 1 aromatic rings. The van der Waals surface area contributed by atoms with Crippen molar-refractivity contribution in [3.63, 3.8) is 0 Å². The van der Waals surface area contributed by atoms with E-state index in [2.05, 4.69) is 21.2 Å². The van der Waals surface area contributed by atoms with E-state index in [1.165, 1.54) is 0 Å². The van der Waals surface area contributed by atoms with E-state index in [0.29, 0.717) is 12.5 Å². The van der Waals surface area contributed by atoms with Crippen molar-refractivity contribution in [3.05, 3.63) is 28.0 Å². The van der Waals surface area contributed by atoms with Crippen LogP contribution in [0.25, 0.3) is 0 Å². The van der Waals surface area contributed by atoms with Crippen LogP contribution in [-0.2, 0) is 9.05 Å². The number of hydrogen-bond acceptors (Lipinski definition) is 3. The summed E-state index contributed by atoms with van der Waals surface area (Å²) in [6.07, 6.45) is 4.48. The van der Waals surface area contributed by atoms with Crippen LogP contribution in [0.2, 0.25) is 0 Å². The second-order valence-electron chi connectivity index (χ2n) is 5.06. The van der Waals surface area contributed by atoms with E-state index in [4.69, 9.17) is 10.7 Å². The molecular weight excluding hydrogens is 385 g/mol. The molecule has 1 aliphatic rings. The molecule has 0 unspecified atom stereocenters. The van der Waals surface area contributed by atoms with Crippen molar-refractivity contribution >= 4 is 41.6 Å². The fraction of sp³-hybridized carbons (Fsp3) is 0.462. The largest absolute Gasteiger partial charge is 0.352 e. The standard InChI is InChI=1S/C13H14BrClFNO3S/c14-10-6-11(16)12(21(15,19)20)5-9(10)13(18)17-7-8-3-1-2-4-8/h5-6,8H,1-4,7H2,(H,17,18). The van der Waals surface area contributed by atoms with Crippen LogP contribution >= 0.6 is 26.6 Å². The lowest BCUT2D eigenvalue weighted by Crippen LogP contribution is -2.28. The maximum atomic E-state index is 13.6. The van der Waals surface area contributed by atoms with Gasteiger partial charge in [-0.25, -0.2) is 12.8 Å². The Hall–Kier alpha value is -0.660. The van der Waals surface area contributed by atoms with Gasteiger partial charge >= 0.3 is 0 Å². The molecule has 1 saturated carbocycles. The minimum Gasteiger partial charge on any atom is -0.352 e. The monoisotopic (exact) mass is 397 g/mol. The van der Waals surface area contributed by atoms with Gasteiger partial charge in [-0.15, -0.1) is 0 Å². The summed E-state index contributed by atoms with van der Waals surface area (Å²) in [4.78, 5) is 11.4. The third-order valence-electron chi connectivity index (χ3n) is 3.55. The molecule has 1 amide bonds. The zero-order valence-corrected chi connectivity index (χ0v) is 14.2. The Balaban J connectivity index is 2.20. The van der Waals surface area contributed by atoms with Crippen LogP contribution in [0.4, 0.5) is 4.39 Å². The van der Waals surface area contributed by atoms with E-state index in [9.17, 15) is 17.6 Å². The molecule has 1 N–H and O–H groups in total. The number of halogens is 3. The van der Waals surface area contributed by atoms with Crippen LogP contribution in [0.5, 0.6) is 0 Å². The van der Waals surface area contributed by atoms with Gasteiger partial charge < -0.3 is 5.32 Å². The van der Waals surface area contributed by atoms with Gasteiger partial charge in [0.25, 0.3) is 15.0 Å². The fourth-order valence-corrected chi connectivity index (χ4v) is 3.84. The van der Waals surface area contributed by atoms with Crippen molar-refractivity contribution in [1.29, 1.82) is 0 Å². The third-order valence-corrected chi connectivity index (χ3v) is 5.55. The molecule has 0 aliphatic heterocycles. The van der Waals surface area contributed by atoms with Gasteiger partial charge in [-0.05, 0) is 46.8 Å². The van der Waals surface area contributed by atoms with Gasteiger partial charge in [-0.3, -0.25) is 4.79 Å². The van der Waals surface area contributed by atoms with Crippen molar-refractivity contribution < 1.29 is 17.6 Å². The summed E-state index contributed by atoms with van der Waals surface area (Å²) >= 11 is 3.06. The summed E-state index contributed by atoms with van der Waals surface area (Å²) in [6, 6.07) is 1.88. The molecule has 1 aliphatic carbocycles. The van der Waals surface area contributed by atoms with Crippen LogP contribution < -0.4 is 5.32 Å². The molecule has 0 aromatic heterocycles. The highest BCUT2D eigenvalue weighted by Gasteiger charge is 2.22. The molecular formula is C13H14BrClFNO3S. The van der Waals surface area contributed by atoms with Crippen LogP contribution in [0, 0.1) is 11.7 Å². The van der Waals surface area contributed by atoms with Crippen LogP contribution in [-0.4, -0.2) is 20.9 Å². The van der Waals surface area contributed by atoms with Gasteiger partial charge in [0.05, 0.1) is 5.56 Å². The van der Waals surface area contributed by atoms with E-state index in [0.717, 1.165) is 37.8 Å². The number of amides is 1. The highest BCUT2D eigenvalue weighted by Crippen LogP contribution is 2.27. The van der Waals surface area contributed by atoms with Crippen LogP contribution in [0.15, 0.2) is 21.5 Å². The zero-order chi connectivity index (χ0) is 15.6. The first-order chi connectivity index (χ1) is 9.79. The van der Waals surface area contributed by atoms with Crippen molar-refractivity contribution in [3.8, 4) is 0 Å². The molecule has 1 fully saturated rings. The Morgan fingerprint density at radius 2 is 2.00 bits per heavy atom. The van der Waals surface area contributed by atoms with Gasteiger partial charge in [-0.2, -0.15) is 0 Å². The predicted octanol–water partition coefficient (Wildman–Crippen LogP) is 3.44. The SMILES string of the molecule is O=C(NCC1CCCC1)c1cc(S(=O)(=O)Cl)c(F)cc1Br. The highest BCUT2D eigenvalue weighted by molar-refractivity contribution is 9.10. The molecule has 0 saturated heterocycles. The lowest BCUT2D eigenvalue weighted by Gasteiger charge is -2.12. The first-order valence-electron chi connectivity index (χ1n) is 6.51.